The van der Waals surface area contributed by atoms with E-state index in [1.54, 1.807) is 0 Å². The fourth-order valence-corrected chi connectivity index (χ4v) is 2.96. The van der Waals surface area contributed by atoms with Gasteiger partial charge in [-0.3, -0.25) is 14.6 Å². The van der Waals surface area contributed by atoms with E-state index in [-0.39, 0.29) is 18.0 Å². The maximum absolute atomic E-state index is 12.2. The van der Waals surface area contributed by atoms with Crippen molar-refractivity contribution in [1.82, 2.24) is 15.1 Å². The van der Waals surface area contributed by atoms with E-state index in [2.05, 4.69) is 35.9 Å². The Morgan fingerprint density at radius 1 is 1.10 bits per heavy atom. The zero-order valence-corrected chi connectivity index (χ0v) is 14.3. The molecule has 0 radical (unpaired) electrons. The van der Waals surface area contributed by atoms with Crippen LogP contribution in [0.15, 0.2) is 0 Å². The van der Waals surface area contributed by atoms with Crippen LogP contribution in [0.1, 0.15) is 47.0 Å². The van der Waals surface area contributed by atoms with Crippen LogP contribution >= 0.6 is 0 Å². The Balaban J connectivity index is 2.42. The molecule has 0 saturated carbocycles. The van der Waals surface area contributed by atoms with Crippen LogP contribution in [0.3, 0.4) is 0 Å². The van der Waals surface area contributed by atoms with Gasteiger partial charge in [0.15, 0.2) is 0 Å². The third-order valence-corrected chi connectivity index (χ3v) is 4.76. The van der Waals surface area contributed by atoms with Crippen LogP contribution < -0.4 is 11.1 Å². The summed E-state index contributed by atoms with van der Waals surface area (Å²) < 4.78 is 0. The standard InChI is InChI=1S/C16H34N4O/c1-5-13(3)18-16(21)14(4)19-9-11-20(12-10-19)15(6-2)7-8-17/h13-15H,5-12,17H2,1-4H3,(H,18,21). The van der Waals surface area contributed by atoms with Crippen molar-refractivity contribution >= 4 is 5.91 Å². The molecule has 0 aromatic heterocycles. The molecule has 0 bridgehead atoms. The number of hydrogen-bond donors (Lipinski definition) is 2. The monoisotopic (exact) mass is 298 g/mol. The molecule has 1 amide bonds. The Hall–Kier alpha value is -0.650. The van der Waals surface area contributed by atoms with Crippen LogP contribution in [-0.2, 0) is 4.79 Å². The number of rotatable bonds is 8. The molecule has 1 aliphatic rings. The maximum Gasteiger partial charge on any atom is 0.237 e. The van der Waals surface area contributed by atoms with Crippen molar-refractivity contribution in [2.75, 3.05) is 32.7 Å². The van der Waals surface area contributed by atoms with Crippen molar-refractivity contribution in [3.05, 3.63) is 0 Å². The van der Waals surface area contributed by atoms with Gasteiger partial charge in [0.05, 0.1) is 6.04 Å². The molecule has 1 fully saturated rings. The number of carbonyl (C=O) groups is 1. The van der Waals surface area contributed by atoms with Gasteiger partial charge >= 0.3 is 0 Å². The van der Waals surface area contributed by atoms with Crippen LogP contribution in [0.5, 0.6) is 0 Å². The van der Waals surface area contributed by atoms with E-state index in [9.17, 15) is 4.79 Å². The second-order valence-electron chi connectivity index (χ2n) is 6.21. The van der Waals surface area contributed by atoms with E-state index in [1.807, 2.05) is 6.92 Å². The average Bonchev–Trinajstić information content (AvgIpc) is 2.51. The summed E-state index contributed by atoms with van der Waals surface area (Å²) >= 11 is 0. The number of nitrogens with one attached hydrogen (secondary N) is 1. The number of nitrogens with zero attached hydrogens (tertiary/aromatic N) is 2. The molecule has 5 nitrogen and oxygen atoms in total. The first-order chi connectivity index (χ1) is 10.0. The van der Waals surface area contributed by atoms with E-state index >= 15 is 0 Å². The lowest BCUT2D eigenvalue weighted by Gasteiger charge is -2.41. The van der Waals surface area contributed by atoms with Gasteiger partial charge in [-0.1, -0.05) is 13.8 Å². The van der Waals surface area contributed by atoms with Crippen molar-refractivity contribution in [2.24, 2.45) is 5.73 Å². The van der Waals surface area contributed by atoms with Crippen LogP contribution in [0.2, 0.25) is 0 Å². The zero-order valence-electron chi connectivity index (χ0n) is 14.3. The molecule has 3 unspecified atom stereocenters. The molecule has 1 saturated heterocycles. The highest BCUT2D eigenvalue weighted by Crippen LogP contribution is 2.13. The van der Waals surface area contributed by atoms with Gasteiger partial charge in [-0.15, -0.1) is 0 Å². The SMILES string of the molecule is CCC(C)NC(=O)C(C)N1CCN(C(CC)CCN)CC1. The summed E-state index contributed by atoms with van der Waals surface area (Å²) in [7, 11) is 0. The van der Waals surface area contributed by atoms with Crippen LogP contribution in [0.4, 0.5) is 0 Å². The van der Waals surface area contributed by atoms with Crippen LogP contribution in [0, 0.1) is 0 Å². The van der Waals surface area contributed by atoms with Crippen molar-refractivity contribution in [3.63, 3.8) is 0 Å². The summed E-state index contributed by atoms with van der Waals surface area (Å²) in [6.45, 7) is 13.2. The predicted molar refractivity (Wildman–Crippen MR) is 88.3 cm³/mol. The van der Waals surface area contributed by atoms with Crippen molar-refractivity contribution < 1.29 is 4.79 Å². The maximum atomic E-state index is 12.2. The fraction of sp³-hybridized carbons (Fsp3) is 0.938. The van der Waals surface area contributed by atoms with Gasteiger partial charge in [-0.05, 0) is 39.7 Å². The van der Waals surface area contributed by atoms with E-state index in [0.717, 1.165) is 52.0 Å². The van der Waals surface area contributed by atoms with E-state index in [1.165, 1.54) is 0 Å². The summed E-state index contributed by atoms with van der Waals surface area (Å²) in [6.07, 6.45) is 3.20. The Bertz CT molecular complexity index is 303. The van der Waals surface area contributed by atoms with Crippen molar-refractivity contribution in [1.29, 1.82) is 0 Å². The van der Waals surface area contributed by atoms with E-state index in [0.29, 0.717) is 6.04 Å². The predicted octanol–water partition coefficient (Wildman–Crippen LogP) is 1.03. The minimum atomic E-state index is -0.0317. The Labute approximate surface area is 130 Å². The van der Waals surface area contributed by atoms with Gasteiger partial charge in [0, 0.05) is 38.3 Å². The Kier molecular flexibility index (Phi) is 8.22. The third-order valence-electron chi connectivity index (χ3n) is 4.76. The number of hydrogen-bond acceptors (Lipinski definition) is 4. The number of carbonyl (C=O) groups excluding carboxylic acids is 1. The van der Waals surface area contributed by atoms with Crippen molar-refractivity contribution in [2.45, 2.75) is 65.1 Å². The first-order valence-corrected chi connectivity index (χ1v) is 8.51. The van der Waals surface area contributed by atoms with Gasteiger partial charge in [0.1, 0.15) is 0 Å². The third kappa shape index (κ3) is 5.57. The number of amides is 1. The molecule has 21 heavy (non-hydrogen) atoms. The first-order valence-electron chi connectivity index (χ1n) is 8.51. The summed E-state index contributed by atoms with van der Waals surface area (Å²) in [5.41, 5.74) is 5.70. The topological polar surface area (TPSA) is 61.6 Å². The molecule has 0 aliphatic carbocycles. The molecule has 1 rings (SSSR count). The molecule has 0 spiro atoms. The van der Waals surface area contributed by atoms with Crippen molar-refractivity contribution in [3.8, 4) is 0 Å². The lowest BCUT2D eigenvalue weighted by molar-refractivity contribution is -0.127. The second kappa shape index (κ2) is 9.38. The fourth-order valence-electron chi connectivity index (χ4n) is 2.96. The normalized spacial score (nSPS) is 21.8. The molecule has 3 N–H and O–H groups in total. The van der Waals surface area contributed by atoms with E-state index in [4.69, 9.17) is 5.73 Å². The second-order valence-corrected chi connectivity index (χ2v) is 6.21. The lowest BCUT2D eigenvalue weighted by Crippen LogP contribution is -2.56. The van der Waals surface area contributed by atoms with Crippen LogP contribution in [-0.4, -0.2) is 66.6 Å². The van der Waals surface area contributed by atoms with Gasteiger partial charge in [-0.2, -0.15) is 0 Å². The molecule has 3 atom stereocenters. The zero-order chi connectivity index (χ0) is 15.8. The highest BCUT2D eigenvalue weighted by Gasteiger charge is 2.28. The summed E-state index contributed by atoms with van der Waals surface area (Å²) in [5, 5.41) is 3.08. The molecule has 0 aromatic carbocycles. The molecule has 1 heterocycles. The molecule has 124 valence electrons. The lowest BCUT2D eigenvalue weighted by atomic mass is 10.1. The quantitative estimate of drug-likeness (QED) is 0.703. The molecular formula is C16H34N4O. The summed E-state index contributed by atoms with van der Waals surface area (Å²) in [4.78, 5) is 17.0. The molecule has 1 aliphatic heterocycles. The van der Waals surface area contributed by atoms with E-state index < -0.39 is 0 Å². The van der Waals surface area contributed by atoms with Crippen LogP contribution in [0.25, 0.3) is 0 Å². The summed E-state index contributed by atoms with van der Waals surface area (Å²) in [6, 6.07) is 0.826. The highest BCUT2D eigenvalue weighted by atomic mass is 16.2. The Morgan fingerprint density at radius 2 is 1.67 bits per heavy atom. The number of nitrogens with two attached hydrogens (primary N) is 1. The van der Waals surface area contributed by atoms with Gasteiger partial charge in [0.25, 0.3) is 0 Å². The van der Waals surface area contributed by atoms with Gasteiger partial charge in [0.2, 0.25) is 5.91 Å². The molecular weight excluding hydrogens is 264 g/mol. The minimum absolute atomic E-state index is 0.0317. The summed E-state index contributed by atoms with van der Waals surface area (Å²) in [5.74, 6) is 0.159. The molecule has 5 heteroatoms. The van der Waals surface area contributed by atoms with Gasteiger partial charge < -0.3 is 11.1 Å². The highest BCUT2D eigenvalue weighted by molar-refractivity contribution is 5.81. The smallest absolute Gasteiger partial charge is 0.237 e. The molecule has 0 aromatic rings. The minimum Gasteiger partial charge on any atom is -0.352 e. The number of piperazine rings is 1. The Morgan fingerprint density at radius 3 is 2.14 bits per heavy atom. The largest absolute Gasteiger partial charge is 0.352 e. The average molecular weight is 298 g/mol. The van der Waals surface area contributed by atoms with Gasteiger partial charge in [-0.25, -0.2) is 0 Å². The first kappa shape index (κ1) is 18.4.